The van der Waals surface area contributed by atoms with Crippen molar-refractivity contribution in [2.45, 2.75) is 12.8 Å². The maximum Gasteiger partial charge on any atom is 0.169 e. The zero-order chi connectivity index (χ0) is 8.39. The van der Waals surface area contributed by atoms with Crippen molar-refractivity contribution in [1.29, 1.82) is 0 Å². The summed E-state index contributed by atoms with van der Waals surface area (Å²) in [5.74, 6) is 0.835. The molecule has 0 atom stereocenters. The average molecular weight is 229 g/mol. The van der Waals surface area contributed by atoms with Crippen molar-refractivity contribution < 1.29 is 9.78 Å². The molecular weight excluding hydrogens is 220 g/mol. The van der Waals surface area contributed by atoms with Crippen LogP contribution in [0.25, 0.3) is 0 Å². The van der Waals surface area contributed by atoms with Crippen molar-refractivity contribution in [1.82, 2.24) is 0 Å². The second-order valence-electron chi connectivity index (χ2n) is 2.76. The first-order valence-corrected chi connectivity index (χ1v) is 4.73. The minimum Gasteiger partial charge on any atom is -0.337 e. The van der Waals surface area contributed by atoms with Gasteiger partial charge in [0.05, 0.1) is 6.61 Å². The van der Waals surface area contributed by atoms with Crippen molar-refractivity contribution >= 4 is 15.9 Å². The van der Waals surface area contributed by atoms with Crippen LogP contribution in [0.4, 0.5) is 0 Å². The van der Waals surface area contributed by atoms with E-state index in [2.05, 4.69) is 22.0 Å². The maximum atomic E-state index is 5.10. The molecule has 0 spiro atoms. The van der Waals surface area contributed by atoms with Crippen molar-refractivity contribution in [3.8, 4) is 5.75 Å². The molecule has 1 aromatic carbocycles. The fourth-order valence-corrected chi connectivity index (χ4v) is 1.58. The highest BCUT2D eigenvalue weighted by Gasteiger charge is 2.09. The Bertz CT molecular complexity index is 286. The molecule has 0 aromatic heterocycles. The molecule has 64 valence electrons. The summed E-state index contributed by atoms with van der Waals surface area (Å²) >= 11 is 3.38. The minimum absolute atomic E-state index is 0.673. The predicted molar refractivity (Wildman–Crippen MR) is 49.0 cm³/mol. The van der Waals surface area contributed by atoms with Crippen molar-refractivity contribution in [2.75, 3.05) is 6.61 Å². The van der Waals surface area contributed by atoms with Gasteiger partial charge in [0.15, 0.2) is 5.75 Å². The van der Waals surface area contributed by atoms with E-state index in [4.69, 9.17) is 9.78 Å². The number of halogens is 1. The molecule has 0 N–H and O–H groups in total. The highest BCUT2D eigenvalue weighted by molar-refractivity contribution is 9.10. The Morgan fingerprint density at radius 1 is 1.33 bits per heavy atom. The third-order valence-corrected chi connectivity index (χ3v) is 2.34. The van der Waals surface area contributed by atoms with Crippen LogP contribution in [0, 0.1) is 0 Å². The molecule has 1 aliphatic heterocycles. The van der Waals surface area contributed by atoms with Gasteiger partial charge in [0.25, 0.3) is 0 Å². The molecule has 1 aliphatic rings. The van der Waals surface area contributed by atoms with E-state index in [0.717, 1.165) is 23.1 Å². The van der Waals surface area contributed by atoms with Crippen LogP contribution in [0.5, 0.6) is 5.75 Å². The molecule has 0 fully saturated rings. The standard InChI is InChI=1S/C9H9BrO2/c10-8-4-3-7-2-1-5-11-12-9(7)6-8/h3-4,6H,1-2,5H2. The lowest BCUT2D eigenvalue weighted by molar-refractivity contribution is -0.203. The average Bonchev–Trinajstić information content (AvgIpc) is 2.28. The molecule has 0 aliphatic carbocycles. The summed E-state index contributed by atoms with van der Waals surface area (Å²) in [5.41, 5.74) is 1.22. The molecule has 0 saturated heterocycles. The molecule has 0 bridgehead atoms. The number of hydrogen-bond donors (Lipinski definition) is 0. The summed E-state index contributed by atoms with van der Waals surface area (Å²) in [6.45, 7) is 0.673. The Morgan fingerprint density at radius 3 is 3.17 bits per heavy atom. The smallest absolute Gasteiger partial charge is 0.169 e. The van der Waals surface area contributed by atoms with Crippen LogP contribution < -0.4 is 4.89 Å². The van der Waals surface area contributed by atoms with Crippen LogP contribution in [-0.4, -0.2) is 6.61 Å². The van der Waals surface area contributed by atoms with E-state index in [-0.39, 0.29) is 0 Å². The van der Waals surface area contributed by atoms with Crippen molar-refractivity contribution in [2.24, 2.45) is 0 Å². The Morgan fingerprint density at radius 2 is 2.25 bits per heavy atom. The van der Waals surface area contributed by atoms with Crippen LogP contribution in [0.15, 0.2) is 22.7 Å². The van der Waals surface area contributed by atoms with Crippen LogP contribution in [-0.2, 0) is 11.3 Å². The molecule has 3 heteroatoms. The van der Waals surface area contributed by atoms with E-state index in [0.29, 0.717) is 6.61 Å². The third-order valence-electron chi connectivity index (χ3n) is 1.85. The third kappa shape index (κ3) is 1.62. The number of benzene rings is 1. The summed E-state index contributed by atoms with van der Waals surface area (Å²) in [4.78, 5) is 10.1. The SMILES string of the molecule is Brc1ccc2c(c1)OOCCC2. The molecule has 2 nitrogen and oxygen atoms in total. The summed E-state index contributed by atoms with van der Waals surface area (Å²) in [5, 5.41) is 0. The van der Waals surface area contributed by atoms with Crippen LogP contribution in [0.1, 0.15) is 12.0 Å². The van der Waals surface area contributed by atoms with Gasteiger partial charge in [-0.25, -0.2) is 0 Å². The van der Waals surface area contributed by atoms with Gasteiger partial charge in [-0.05, 0) is 30.5 Å². The maximum absolute atomic E-state index is 5.10. The lowest BCUT2D eigenvalue weighted by Gasteiger charge is -2.03. The van der Waals surface area contributed by atoms with Gasteiger partial charge < -0.3 is 4.89 Å². The molecule has 0 unspecified atom stereocenters. The first-order valence-electron chi connectivity index (χ1n) is 3.94. The first-order chi connectivity index (χ1) is 5.86. The van der Waals surface area contributed by atoms with E-state index in [9.17, 15) is 0 Å². The number of rotatable bonds is 0. The van der Waals surface area contributed by atoms with Gasteiger partial charge in [-0.2, -0.15) is 4.89 Å². The number of aryl methyl sites for hydroxylation is 1. The van der Waals surface area contributed by atoms with E-state index < -0.39 is 0 Å². The van der Waals surface area contributed by atoms with Gasteiger partial charge in [0.2, 0.25) is 0 Å². The molecule has 12 heavy (non-hydrogen) atoms. The van der Waals surface area contributed by atoms with Gasteiger partial charge in [0, 0.05) is 4.47 Å². The van der Waals surface area contributed by atoms with Crippen molar-refractivity contribution in [3.63, 3.8) is 0 Å². The summed E-state index contributed by atoms with van der Waals surface area (Å²) in [6, 6.07) is 6.02. The summed E-state index contributed by atoms with van der Waals surface area (Å²) < 4.78 is 1.02. The topological polar surface area (TPSA) is 18.5 Å². The van der Waals surface area contributed by atoms with Gasteiger partial charge in [-0.15, -0.1) is 0 Å². The normalized spacial score (nSPS) is 16.1. The molecule has 2 rings (SSSR count). The molecular formula is C9H9BrO2. The Hall–Kier alpha value is -0.540. The number of hydrogen-bond acceptors (Lipinski definition) is 2. The van der Waals surface area contributed by atoms with E-state index in [1.807, 2.05) is 12.1 Å². The zero-order valence-electron chi connectivity index (χ0n) is 6.55. The van der Waals surface area contributed by atoms with E-state index >= 15 is 0 Å². The van der Waals surface area contributed by atoms with E-state index in [1.165, 1.54) is 5.56 Å². The first kappa shape index (κ1) is 8.08. The molecule has 0 saturated carbocycles. The zero-order valence-corrected chi connectivity index (χ0v) is 8.13. The largest absolute Gasteiger partial charge is 0.337 e. The van der Waals surface area contributed by atoms with Crippen LogP contribution in [0.2, 0.25) is 0 Å². The lowest BCUT2D eigenvalue weighted by atomic mass is 10.1. The lowest BCUT2D eigenvalue weighted by Crippen LogP contribution is -1.95. The van der Waals surface area contributed by atoms with Gasteiger partial charge in [-0.3, -0.25) is 0 Å². The predicted octanol–water partition coefficient (Wildman–Crippen LogP) is 2.71. The van der Waals surface area contributed by atoms with Gasteiger partial charge >= 0.3 is 0 Å². The Balaban J connectivity index is 2.36. The highest BCUT2D eigenvalue weighted by Crippen LogP contribution is 2.26. The molecule has 0 radical (unpaired) electrons. The van der Waals surface area contributed by atoms with Crippen LogP contribution in [0.3, 0.4) is 0 Å². The van der Waals surface area contributed by atoms with Crippen molar-refractivity contribution in [3.05, 3.63) is 28.2 Å². The van der Waals surface area contributed by atoms with Gasteiger partial charge in [-0.1, -0.05) is 22.0 Å². The fourth-order valence-electron chi connectivity index (χ4n) is 1.24. The van der Waals surface area contributed by atoms with Crippen LogP contribution >= 0.6 is 15.9 Å². The molecule has 1 heterocycles. The quantitative estimate of drug-likeness (QED) is 0.637. The van der Waals surface area contributed by atoms with Gasteiger partial charge in [0.1, 0.15) is 0 Å². The fraction of sp³-hybridized carbons (Fsp3) is 0.333. The highest BCUT2D eigenvalue weighted by atomic mass is 79.9. The monoisotopic (exact) mass is 228 g/mol. The number of fused-ring (bicyclic) bond motifs is 1. The summed E-state index contributed by atoms with van der Waals surface area (Å²) in [6.07, 6.45) is 2.05. The molecule has 1 aromatic rings. The minimum atomic E-state index is 0.673. The summed E-state index contributed by atoms with van der Waals surface area (Å²) in [7, 11) is 0. The second kappa shape index (κ2) is 3.46. The Kier molecular flexibility index (Phi) is 2.33. The van der Waals surface area contributed by atoms with E-state index in [1.54, 1.807) is 0 Å². The molecule has 0 amide bonds. The second-order valence-corrected chi connectivity index (χ2v) is 3.68. The Labute approximate surface area is 79.5 Å².